The molecule has 13 heavy (non-hydrogen) atoms. The first kappa shape index (κ1) is 9.50. The molecule has 0 saturated carbocycles. The van der Waals surface area contributed by atoms with E-state index in [2.05, 4.69) is 10.3 Å². The van der Waals surface area contributed by atoms with E-state index in [0.29, 0.717) is 6.61 Å². The Morgan fingerprint density at radius 3 is 3.08 bits per heavy atom. The Labute approximate surface area is 75.1 Å². The Morgan fingerprint density at radius 1 is 1.77 bits per heavy atom. The van der Waals surface area contributed by atoms with Crippen molar-refractivity contribution in [3.63, 3.8) is 0 Å². The molecule has 0 aliphatic rings. The van der Waals surface area contributed by atoms with E-state index in [4.69, 9.17) is 9.94 Å². The quantitative estimate of drug-likeness (QED) is 0.663. The Balaban J connectivity index is 2.44. The third kappa shape index (κ3) is 2.73. The highest BCUT2D eigenvalue weighted by Gasteiger charge is 2.07. The van der Waals surface area contributed by atoms with Gasteiger partial charge in [-0.15, -0.1) is 5.10 Å². The first-order valence-corrected chi connectivity index (χ1v) is 4.03. The second-order valence-corrected chi connectivity index (χ2v) is 2.50. The van der Waals surface area contributed by atoms with Crippen molar-refractivity contribution in [1.82, 2.24) is 15.2 Å². The summed E-state index contributed by atoms with van der Waals surface area (Å²) in [6, 6.07) is 0. The molecule has 0 bridgehead atoms. The molecule has 0 aliphatic heterocycles. The lowest BCUT2D eigenvalue weighted by Gasteiger charge is -2.00. The minimum Gasteiger partial charge on any atom is -0.476 e. The van der Waals surface area contributed by atoms with E-state index in [1.54, 1.807) is 0 Å². The van der Waals surface area contributed by atoms with Crippen molar-refractivity contribution < 1.29 is 14.7 Å². The zero-order chi connectivity index (χ0) is 9.68. The van der Waals surface area contributed by atoms with Crippen LogP contribution in [-0.2, 0) is 0 Å². The van der Waals surface area contributed by atoms with Crippen LogP contribution < -0.4 is 4.84 Å². The number of aromatic nitrogens is 3. The van der Waals surface area contributed by atoms with Gasteiger partial charge in [-0.25, -0.2) is 4.79 Å². The number of carbonyl (C=O) groups is 1. The monoisotopic (exact) mass is 185 g/mol. The summed E-state index contributed by atoms with van der Waals surface area (Å²) in [5.74, 6) is -1.11. The van der Waals surface area contributed by atoms with Crippen LogP contribution in [0.25, 0.3) is 0 Å². The molecule has 0 fully saturated rings. The molecular formula is C7H11N3O3. The van der Waals surface area contributed by atoms with Crippen LogP contribution in [0.5, 0.6) is 0 Å². The second kappa shape index (κ2) is 4.44. The number of unbranched alkanes of at least 4 members (excludes halogenated alkanes) is 1. The van der Waals surface area contributed by atoms with Crippen LogP contribution in [-0.4, -0.2) is 32.8 Å². The fourth-order valence-electron chi connectivity index (χ4n) is 0.712. The van der Waals surface area contributed by atoms with E-state index in [-0.39, 0.29) is 5.69 Å². The van der Waals surface area contributed by atoms with Gasteiger partial charge in [-0.1, -0.05) is 18.2 Å². The van der Waals surface area contributed by atoms with Crippen LogP contribution in [0.2, 0.25) is 0 Å². The SMILES string of the molecule is CCCCOn1cc(C(=O)O)nn1. The zero-order valence-corrected chi connectivity index (χ0v) is 7.30. The Kier molecular flexibility index (Phi) is 3.24. The molecular weight excluding hydrogens is 174 g/mol. The van der Waals surface area contributed by atoms with Crippen LogP contribution in [0.4, 0.5) is 0 Å². The van der Waals surface area contributed by atoms with Gasteiger partial charge in [-0.2, -0.15) is 0 Å². The lowest BCUT2D eigenvalue weighted by atomic mass is 10.4. The van der Waals surface area contributed by atoms with Crippen molar-refractivity contribution in [2.24, 2.45) is 0 Å². The maximum atomic E-state index is 10.4. The summed E-state index contributed by atoms with van der Waals surface area (Å²) >= 11 is 0. The number of nitrogens with zero attached hydrogens (tertiary/aromatic N) is 3. The van der Waals surface area contributed by atoms with Gasteiger partial charge in [0.05, 0.1) is 0 Å². The summed E-state index contributed by atoms with van der Waals surface area (Å²) < 4.78 is 0. The molecule has 0 atom stereocenters. The molecule has 72 valence electrons. The van der Waals surface area contributed by atoms with E-state index >= 15 is 0 Å². The van der Waals surface area contributed by atoms with Crippen molar-refractivity contribution in [3.8, 4) is 0 Å². The molecule has 1 N–H and O–H groups in total. The van der Waals surface area contributed by atoms with Gasteiger partial charge in [0.15, 0.2) is 5.69 Å². The Morgan fingerprint density at radius 2 is 2.54 bits per heavy atom. The average molecular weight is 185 g/mol. The lowest BCUT2D eigenvalue weighted by Crippen LogP contribution is -2.13. The lowest BCUT2D eigenvalue weighted by molar-refractivity contribution is 0.0683. The van der Waals surface area contributed by atoms with Crippen LogP contribution in [0, 0.1) is 0 Å². The fraction of sp³-hybridized carbons (Fsp3) is 0.571. The van der Waals surface area contributed by atoms with E-state index in [9.17, 15) is 4.79 Å². The first-order chi connectivity index (χ1) is 6.24. The van der Waals surface area contributed by atoms with Crippen molar-refractivity contribution in [1.29, 1.82) is 0 Å². The summed E-state index contributed by atoms with van der Waals surface area (Å²) in [4.78, 5) is 16.5. The van der Waals surface area contributed by atoms with Gasteiger partial charge in [-0.05, 0) is 11.6 Å². The van der Waals surface area contributed by atoms with E-state index in [1.165, 1.54) is 6.20 Å². The molecule has 6 heteroatoms. The molecule has 0 aromatic carbocycles. The molecule has 1 heterocycles. The van der Waals surface area contributed by atoms with Crippen molar-refractivity contribution >= 4 is 5.97 Å². The van der Waals surface area contributed by atoms with Gasteiger partial charge in [0.25, 0.3) is 0 Å². The highest BCUT2D eigenvalue weighted by Crippen LogP contribution is 1.91. The maximum Gasteiger partial charge on any atom is 0.358 e. The molecule has 0 aliphatic carbocycles. The highest BCUT2D eigenvalue weighted by molar-refractivity contribution is 5.84. The smallest absolute Gasteiger partial charge is 0.358 e. The molecule has 0 saturated heterocycles. The summed E-state index contributed by atoms with van der Waals surface area (Å²) in [7, 11) is 0. The summed E-state index contributed by atoms with van der Waals surface area (Å²) in [5, 5.41) is 15.4. The Hall–Kier alpha value is -1.59. The van der Waals surface area contributed by atoms with Gasteiger partial charge < -0.3 is 9.94 Å². The van der Waals surface area contributed by atoms with Crippen LogP contribution in [0.3, 0.4) is 0 Å². The van der Waals surface area contributed by atoms with Gasteiger partial charge >= 0.3 is 5.97 Å². The first-order valence-electron chi connectivity index (χ1n) is 4.03. The fourth-order valence-corrected chi connectivity index (χ4v) is 0.712. The normalized spacial score (nSPS) is 9.92. The number of carboxylic acid groups (broad SMARTS) is 1. The number of carboxylic acids is 1. The molecule has 1 rings (SSSR count). The number of aromatic carboxylic acids is 1. The van der Waals surface area contributed by atoms with Gasteiger partial charge in [0.1, 0.15) is 12.8 Å². The second-order valence-electron chi connectivity index (χ2n) is 2.50. The molecule has 1 aromatic rings. The van der Waals surface area contributed by atoms with E-state index < -0.39 is 5.97 Å². The summed E-state index contributed by atoms with van der Waals surface area (Å²) in [6.07, 6.45) is 3.15. The molecule has 0 radical (unpaired) electrons. The van der Waals surface area contributed by atoms with Crippen molar-refractivity contribution in [2.75, 3.05) is 6.61 Å². The van der Waals surface area contributed by atoms with Gasteiger partial charge in [-0.3, -0.25) is 0 Å². The number of hydrogen-bond acceptors (Lipinski definition) is 4. The Bertz CT molecular complexity index is 284. The van der Waals surface area contributed by atoms with Crippen LogP contribution in [0.1, 0.15) is 30.3 Å². The largest absolute Gasteiger partial charge is 0.476 e. The van der Waals surface area contributed by atoms with E-state index in [1.807, 2.05) is 6.92 Å². The average Bonchev–Trinajstić information content (AvgIpc) is 2.53. The zero-order valence-electron chi connectivity index (χ0n) is 7.30. The third-order valence-electron chi connectivity index (χ3n) is 1.41. The predicted molar refractivity (Wildman–Crippen MR) is 43.3 cm³/mol. The van der Waals surface area contributed by atoms with Crippen molar-refractivity contribution in [2.45, 2.75) is 19.8 Å². The minimum absolute atomic E-state index is 0.114. The minimum atomic E-state index is -1.11. The summed E-state index contributed by atoms with van der Waals surface area (Å²) in [6.45, 7) is 2.55. The number of hydrogen-bond donors (Lipinski definition) is 1. The van der Waals surface area contributed by atoms with Gasteiger partial charge in [0, 0.05) is 0 Å². The molecule has 0 amide bonds. The number of rotatable bonds is 5. The van der Waals surface area contributed by atoms with E-state index in [0.717, 1.165) is 17.7 Å². The highest BCUT2D eigenvalue weighted by atomic mass is 16.7. The molecule has 6 nitrogen and oxygen atoms in total. The molecule has 0 spiro atoms. The maximum absolute atomic E-state index is 10.4. The van der Waals surface area contributed by atoms with Crippen LogP contribution >= 0.6 is 0 Å². The third-order valence-corrected chi connectivity index (χ3v) is 1.41. The van der Waals surface area contributed by atoms with Crippen molar-refractivity contribution in [3.05, 3.63) is 11.9 Å². The van der Waals surface area contributed by atoms with Crippen LogP contribution in [0.15, 0.2) is 6.20 Å². The summed E-state index contributed by atoms with van der Waals surface area (Å²) in [5.41, 5.74) is -0.114. The molecule has 0 unspecified atom stereocenters. The van der Waals surface area contributed by atoms with Gasteiger partial charge in [0.2, 0.25) is 0 Å². The topological polar surface area (TPSA) is 77.2 Å². The molecule has 1 aromatic heterocycles. The predicted octanol–water partition coefficient (Wildman–Crippen LogP) is 0.205. The standard InChI is InChI=1S/C7H11N3O3/c1-2-3-4-13-10-5-6(7(11)12)8-9-10/h5H,2-4H2,1H3,(H,11,12).